The molecule has 2 fully saturated rings. The molecule has 1 unspecified atom stereocenters. The van der Waals surface area contributed by atoms with Crippen LogP contribution < -0.4 is 14.7 Å². The van der Waals surface area contributed by atoms with Gasteiger partial charge in [0.2, 0.25) is 5.95 Å². The molecule has 2 aliphatic rings. The van der Waals surface area contributed by atoms with Crippen LogP contribution in [0.15, 0.2) is 30.6 Å². The Bertz CT molecular complexity index is 769. The molecule has 144 valence electrons. The third-order valence-electron chi connectivity index (χ3n) is 5.27. The van der Waals surface area contributed by atoms with Crippen molar-refractivity contribution >= 4 is 29.2 Å². The molecule has 2 aliphatic heterocycles. The SMILES string of the molecule is CN(c1ccnc(N2CCOCC2)n1)C1CCCN(c2ncccc2Cl)C1. The number of likely N-dealkylation sites (N-methyl/N-ethyl adjacent to an activating group) is 1. The molecular formula is C19H25ClN6O. The highest BCUT2D eigenvalue weighted by Crippen LogP contribution is 2.28. The summed E-state index contributed by atoms with van der Waals surface area (Å²) in [4.78, 5) is 20.5. The molecule has 0 bridgehead atoms. The Hall–Kier alpha value is -2.12. The first kappa shape index (κ1) is 18.3. The van der Waals surface area contributed by atoms with Crippen LogP contribution in [0.4, 0.5) is 17.6 Å². The zero-order valence-corrected chi connectivity index (χ0v) is 16.3. The average molecular weight is 389 g/mol. The van der Waals surface area contributed by atoms with Gasteiger partial charge < -0.3 is 19.4 Å². The van der Waals surface area contributed by atoms with Gasteiger partial charge in [0.05, 0.1) is 18.2 Å². The van der Waals surface area contributed by atoms with Gasteiger partial charge in [0, 0.05) is 51.7 Å². The summed E-state index contributed by atoms with van der Waals surface area (Å²) < 4.78 is 5.43. The lowest BCUT2D eigenvalue weighted by Gasteiger charge is -2.39. The molecule has 7 nitrogen and oxygen atoms in total. The van der Waals surface area contributed by atoms with Gasteiger partial charge in [-0.15, -0.1) is 0 Å². The lowest BCUT2D eigenvalue weighted by atomic mass is 10.0. The lowest BCUT2D eigenvalue weighted by molar-refractivity contribution is 0.122. The molecule has 0 amide bonds. The van der Waals surface area contributed by atoms with Crippen molar-refractivity contribution < 1.29 is 4.74 Å². The van der Waals surface area contributed by atoms with Crippen LogP contribution in [0.1, 0.15) is 12.8 Å². The summed E-state index contributed by atoms with van der Waals surface area (Å²) in [6.45, 7) is 4.98. The van der Waals surface area contributed by atoms with Crippen LogP contribution in [0.5, 0.6) is 0 Å². The van der Waals surface area contributed by atoms with E-state index in [9.17, 15) is 0 Å². The number of hydrogen-bond acceptors (Lipinski definition) is 7. The van der Waals surface area contributed by atoms with E-state index in [0.717, 1.165) is 69.8 Å². The van der Waals surface area contributed by atoms with Crippen LogP contribution in [0.3, 0.4) is 0 Å². The second-order valence-electron chi connectivity index (χ2n) is 6.98. The molecule has 4 heterocycles. The summed E-state index contributed by atoms with van der Waals surface area (Å²) in [5, 5.41) is 0.706. The highest BCUT2D eigenvalue weighted by atomic mass is 35.5. The fourth-order valence-corrected chi connectivity index (χ4v) is 3.95. The van der Waals surface area contributed by atoms with Crippen molar-refractivity contribution in [2.45, 2.75) is 18.9 Å². The van der Waals surface area contributed by atoms with Crippen LogP contribution in [0.25, 0.3) is 0 Å². The van der Waals surface area contributed by atoms with E-state index < -0.39 is 0 Å². The fraction of sp³-hybridized carbons (Fsp3) is 0.526. The van der Waals surface area contributed by atoms with Gasteiger partial charge in [0.25, 0.3) is 0 Å². The van der Waals surface area contributed by atoms with Gasteiger partial charge in [-0.2, -0.15) is 4.98 Å². The Labute approximate surface area is 164 Å². The molecule has 4 rings (SSSR count). The normalized spacial score (nSPS) is 20.6. The Morgan fingerprint density at radius 1 is 1.11 bits per heavy atom. The Morgan fingerprint density at radius 3 is 2.78 bits per heavy atom. The minimum absolute atomic E-state index is 0.351. The number of anilines is 3. The highest BCUT2D eigenvalue weighted by molar-refractivity contribution is 6.32. The van der Waals surface area contributed by atoms with Gasteiger partial charge in [0.15, 0.2) is 0 Å². The molecule has 0 aromatic carbocycles. The number of pyridine rings is 1. The van der Waals surface area contributed by atoms with Gasteiger partial charge in [-0.05, 0) is 31.0 Å². The maximum atomic E-state index is 6.35. The average Bonchev–Trinajstić information content (AvgIpc) is 2.74. The second-order valence-corrected chi connectivity index (χ2v) is 7.38. The van der Waals surface area contributed by atoms with Crippen molar-refractivity contribution in [1.82, 2.24) is 15.0 Å². The van der Waals surface area contributed by atoms with E-state index in [0.29, 0.717) is 11.1 Å². The Morgan fingerprint density at radius 2 is 1.96 bits per heavy atom. The molecule has 8 heteroatoms. The number of nitrogens with zero attached hydrogens (tertiary/aromatic N) is 6. The van der Waals surface area contributed by atoms with E-state index in [-0.39, 0.29) is 0 Å². The summed E-state index contributed by atoms with van der Waals surface area (Å²) in [5.41, 5.74) is 0. The monoisotopic (exact) mass is 388 g/mol. The van der Waals surface area contributed by atoms with Crippen molar-refractivity contribution in [3.05, 3.63) is 35.6 Å². The summed E-state index contributed by atoms with van der Waals surface area (Å²) in [5.74, 6) is 2.60. The van der Waals surface area contributed by atoms with Gasteiger partial charge in [0.1, 0.15) is 11.6 Å². The summed E-state index contributed by atoms with van der Waals surface area (Å²) in [6, 6.07) is 6.10. The zero-order chi connectivity index (χ0) is 18.6. The number of piperidine rings is 1. The molecule has 0 N–H and O–H groups in total. The van der Waals surface area contributed by atoms with Crippen molar-refractivity contribution in [1.29, 1.82) is 0 Å². The molecule has 0 radical (unpaired) electrons. The Balaban J connectivity index is 1.49. The summed E-state index contributed by atoms with van der Waals surface area (Å²) >= 11 is 6.35. The van der Waals surface area contributed by atoms with Gasteiger partial charge in [-0.1, -0.05) is 11.6 Å². The summed E-state index contributed by atoms with van der Waals surface area (Å²) in [6.07, 6.45) is 5.87. The first-order valence-electron chi connectivity index (χ1n) is 9.46. The van der Waals surface area contributed by atoms with Gasteiger partial charge in [-0.25, -0.2) is 9.97 Å². The van der Waals surface area contributed by atoms with Crippen LogP contribution in [-0.2, 0) is 4.74 Å². The number of halogens is 1. The number of aromatic nitrogens is 3. The molecule has 1 atom stereocenters. The van der Waals surface area contributed by atoms with Crippen molar-refractivity contribution in [3.63, 3.8) is 0 Å². The maximum absolute atomic E-state index is 6.35. The van der Waals surface area contributed by atoms with Crippen LogP contribution in [-0.4, -0.2) is 67.4 Å². The quantitative estimate of drug-likeness (QED) is 0.797. The first-order valence-corrected chi connectivity index (χ1v) is 9.84. The number of hydrogen-bond donors (Lipinski definition) is 0. The standard InChI is InChI=1S/C19H25ClN6O/c1-24(17-6-8-22-19(23-17)25-10-12-27-13-11-25)15-4-3-9-26(14-15)18-16(20)5-2-7-21-18/h2,5-8,15H,3-4,9-14H2,1H3. The first-order chi connectivity index (χ1) is 13.2. The van der Waals surface area contributed by atoms with E-state index in [2.05, 4.69) is 31.7 Å². The van der Waals surface area contributed by atoms with E-state index in [1.807, 2.05) is 24.4 Å². The van der Waals surface area contributed by atoms with Crippen molar-refractivity contribution in [2.75, 3.05) is 61.1 Å². The predicted octanol–water partition coefficient (Wildman–Crippen LogP) is 2.47. The van der Waals surface area contributed by atoms with E-state index in [1.165, 1.54) is 0 Å². The zero-order valence-electron chi connectivity index (χ0n) is 15.6. The number of morpholine rings is 1. The Kier molecular flexibility index (Phi) is 5.59. The van der Waals surface area contributed by atoms with E-state index in [4.69, 9.17) is 21.3 Å². The number of rotatable bonds is 4. The van der Waals surface area contributed by atoms with Crippen LogP contribution in [0, 0.1) is 0 Å². The highest BCUT2D eigenvalue weighted by Gasteiger charge is 2.26. The lowest BCUT2D eigenvalue weighted by Crippen LogP contribution is -2.47. The molecule has 0 spiro atoms. The van der Waals surface area contributed by atoms with Gasteiger partial charge >= 0.3 is 0 Å². The van der Waals surface area contributed by atoms with Crippen LogP contribution >= 0.6 is 11.6 Å². The molecule has 0 saturated carbocycles. The second kappa shape index (κ2) is 8.27. The molecule has 2 saturated heterocycles. The number of ether oxygens (including phenoxy) is 1. The topological polar surface area (TPSA) is 57.6 Å². The molecular weight excluding hydrogens is 364 g/mol. The van der Waals surface area contributed by atoms with Crippen LogP contribution in [0.2, 0.25) is 5.02 Å². The third kappa shape index (κ3) is 4.09. The smallest absolute Gasteiger partial charge is 0.227 e. The minimum atomic E-state index is 0.351. The summed E-state index contributed by atoms with van der Waals surface area (Å²) in [7, 11) is 2.11. The van der Waals surface area contributed by atoms with Gasteiger partial charge in [-0.3, -0.25) is 0 Å². The predicted molar refractivity (Wildman–Crippen MR) is 108 cm³/mol. The fourth-order valence-electron chi connectivity index (χ4n) is 3.71. The molecule has 27 heavy (non-hydrogen) atoms. The molecule has 2 aromatic rings. The van der Waals surface area contributed by atoms with Crippen molar-refractivity contribution in [3.8, 4) is 0 Å². The minimum Gasteiger partial charge on any atom is -0.378 e. The maximum Gasteiger partial charge on any atom is 0.227 e. The molecule has 2 aromatic heterocycles. The van der Waals surface area contributed by atoms with Crippen molar-refractivity contribution in [2.24, 2.45) is 0 Å². The van der Waals surface area contributed by atoms with E-state index >= 15 is 0 Å². The molecule has 0 aliphatic carbocycles. The van der Waals surface area contributed by atoms with E-state index in [1.54, 1.807) is 6.20 Å². The largest absolute Gasteiger partial charge is 0.378 e. The third-order valence-corrected chi connectivity index (χ3v) is 5.56.